The smallest absolute Gasteiger partial charge is 0.164 e. The zero-order valence-corrected chi connectivity index (χ0v) is 14.0. The quantitative estimate of drug-likeness (QED) is 0.791. The van der Waals surface area contributed by atoms with Crippen LogP contribution in [0.4, 0.5) is 8.78 Å². The monoisotopic (exact) mass is 335 g/mol. The Morgan fingerprint density at radius 1 is 1.04 bits per heavy atom. The molecule has 2 rings (SSSR count). The van der Waals surface area contributed by atoms with Gasteiger partial charge in [-0.25, -0.2) is 8.78 Å². The fourth-order valence-electron chi connectivity index (χ4n) is 2.71. The van der Waals surface area contributed by atoms with Gasteiger partial charge < -0.3 is 15.2 Å². The van der Waals surface area contributed by atoms with Gasteiger partial charge in [-0.15, -0.1) is 0 Å². The van der Waals surface area contributed by atoms with E-state index in [0.29, 0.717) is 31.1 Å². The zero-order valence-electron chi connectivity index (χ0n) is 14.0. The summed E-state index contributed by atoms with van der Waals surface area (Å²) in [5, 5.41) is 0. The molecular weight excluding hydrogens is 312 g/mol. The van der Waals surface area contributed by atoms with Gasteiger partial charge in [0.05, 0.1) is 13.2 Å². The number of para-hydroxylation sites is 1. The van der Waals surface area contributed by atoms with E-state index >= 15 is 0 Å². The first-order valence-electron chi connectivity index (χ1n) is 8.13. The number of halogens is 2. The topological polar surface area (TPSA) is 44.5 Å². The second-order valence-corrected chi connectivity index (χ2v) is 5.41. The zero-order chi connectivity index (χ0) is 17.5. The highest BCUT2D eigenvalue weighted by molar-refractivity contribution is 5.47. The molecule has 0 saturated carbocycles. The molecule has 5 heteroatoms. The van der Waals surface area contributed by atoms with Gasteiger partial charge in [0, 0.05) is 5.92 Å². The molecule has 0 bridgehead atoms. The van der Waals surface area contributed by atoms with E-state index < -0.39 is 11.6 Å². The molecule has 2 N–H and O–H groups in total. The molecule has 24 heavy (non-hydrogen) atoms. The van der Waals surface area contributed by atoms with Crippen LogP contribution in [0.25, 0.3) is 0 Å². The summed E-state index contributed by atoms with van der Waals surface area (Å²) in [4.78, 5) is 0. The molecule has 0 aliphatic carbocycles. The Bertz CT molecular complexity index is 676. The van der Waals surface area contributed by atoms with Crippen LogP contribution in [0.15, 0.2) is 36.4 Å². The molecule has 130 valence electrons. The fourth-order valence-corrected chi connectivity index (χ4v) is 2.71. The molecule has 0 radical (unpaired) electrons. The van der Waals surface area contributed by atoms with Crippen molar-refractivity contribution < 1.29 is 18.3 Å². The lowest BCUT2D eigenvalue weighted by Crippen LogP contribution is -2.17. The lowest BCUT2D eigenvalue weighted by molar-refractivity contribution is 0.285. The Morgan fingerprint density at radius 3 is 2.46 bits per heavy atom. The van der Waals surface area contributed by atoms with E-state index in [1.807, 2.05) is 32.0 Å². The largest absolute Gasteiger partial charge is 0.490 e. The van der Waals surface area contributed by atoms with Gasteiger partial charge in [-0.3, -0.25) is 0 Å². The van der Waals surface area contributed by atoms with Crippen LogP contribution in [0.3, 0.4) is 0 Å². The molecule has 0 spiro atoms. The summed E-state index contributed by atoms with van der Waals surface area (Å²) >= 11 is 0. The average Bonchev–Trinajstić information content (AvgIpc) is 2.58. The van der Waals surface area contributed by atoms with Gasteiger partial charge in [0.2, 0.25) is 0 Å². The number of ether oxygens (including phenoxy) is 2. The van der Waals surface area contributed by atoms with E-state index in [1.165, 1.54) is 6.07 Å². The van der Waals surface area contributed by atoms with Crippen molar-refractivity contribution in [3.8, 4) is 11.5 Å². The van der Waals surface area contributed by atoms with E-state index in [0.717, 1.165) is 17.7 Å². The summed E-state index contributed by atoms with van der Waals surface area (Å²) in [7, 11) is 0. The van der Waals surface area contributed by atoms with Gasteiger partial charge >= 0.3 is 0 Å². The second kappa shape index (κ2) is 8.64. The first kappa shape index (κ1) is 18.2. The molecule has 0 aliphatic rings. The predicted octanol–water partition coefficient (Wildman–Crippen LogP) is 4.05. The molecule has 2 aromatic carbocycles. The Hall–Kier alpha value is -2.14. The van der Waals surface area contributed by atoms with Crippen LogP contribution < -0.4 is 15.2 Å². The molecule has 0 amide bonds. The van der Waals surface area contributed by atoms with Crippen LogP contribution in [-0.4, -0.2) is 19.8 Å². The van der Waals surface area contributed by atoms with Gasteiger partial charge in [-0.1, -0.05) is 12.1 Å². The number of nitrogens with two attached hydrogens (primary N) is 1. The summed E-state index contributed by atoms with van der Waals surface area (Å²) in [6.07, 6.45) is 0.438. The van der Waals surface area contributed by atoms with Crippen LogP contribution >= 0.6 is 0 Å². The van der Waals surface area contributed by atoms with Crippen molar-refractivity contribution in [2.75, 3.05) is 19.8 Å². The molecule has 0 saturated heterocycles. The molecule has 1 atom stereocenters. The van der Waals surface area contributed by atoms with E-state index in [4.69, 9.17) is 15.2 Å². The minimum absolute atomic E-state index is 0.199. The molecule has 3 nitrogen and oxygen atoms in total. The first-order valence-corrected chi connectivity index (χ1v) is 8.13. The number of hydrogen-bond acceptors (Lipinski definition) is 3. The van der Waals surface area contributed by atoms with Gasteiger partial charge in [-0.05, 0) is 62.2 Å². The number of rotatable bonds is 8. The van der Waals surface area contributed by atoms with Gasteiger partial charge in [0.1, 0.15) is 11.6 Å². The fraction of sp³-hybridized carbons (Fsp3) is 0.368. The molecular formula is C19H23F2NO2. The SMILES string of the molecule is CCOc1cccc(CC(CN)c2cc(F)ccc2F)c1OCC. The molecule has 0 heterocycles. The van der Waals surface area contributed by atoms with E-state index in [9.17, 15) is 8.78 Å². The van der Waals surface area contributed by atoms with Gasteiger partial charge in [-0.2, -0.15) is 0 Å². The average molecular weight is 335 g/mol. The van der Waals surface area contributed by atoms with E-state index in [1.54, 1.807) is 0 Å². The van der Waals surface area contributed by atoms with E-state index in [2.05, 4.69) is 0 Å². The molecule has 2 aromatic rings. The van der Waals surface area contributed by atoms with Crippen molar-refractivity contribution in [3.63, 3.8) is 0 Å². The highest BCUT2D eigenvalue weighted by Crippen LogP contribution is 2.35. The minimum atomic E-state index is -0.474. The maximum atomic E-state index is 14.1. The summed E-state index contributed by atoms with van der Waals surface area (Å²) in [5.41, 5.74) is 6.97. The van der Waals surface area contributed by atoms with Crippen molar-refractivity contribution in [3.05, 3.63) is 59.2 Å². The normalized spacial score (nSPS) is 12.0. The molecule has 0 aromatic heterocycles. The summed E-state index contributed by atoms with van der Waals surface area (Å²) < 4.78 is 38.9. The minimum Gasteiger partial charge on any atom is -0.490 e. The first-order chi connectivity index (χ1) is 11.6. The highest BCUT2D eigenvalue weighted by atomic mass is 19.1. The van der Waals surface area contributed by atoms with Crippen molar-refractivity contribution in [2.24, 2.45) is 5.73 Å². The maximum Gasteiger partial charge on any atom is 0.164 e. The lowest BCUT2D eigenvalue weighted by Gasteiger charge is -2.20. The molecule has 1 unspecified atom stereocenters. The third-order valence-electron chi connectivity index (χ3n) is 3.80. The van der Waals surface area contributed by atoms with Crippen LogP contribution in [0.2, 0.25) is 0 Å². The van der Waals surface area contributed by atoms with Gasteiger partial charge in [0.15, 0.2) is 11.5 Å². The van der Waals surface area contributed by atoms with Crippen molar-refractivity contribution in [2.45, 2.75) is 26.2 Å². The van der Waals surface area contributed by atoms with Crippen molar-refractivity contribution >= 4 is 0 Å². The predicted molar refractivity (Wildman–Crippen MR) is 90.6 cm³/mol. The third kappa shape index (κ3) is 4.23. The number of benzene rings is 2. The summed E-state index contributed by atoms with van der Waals surface area (Å²) in [6.45, 7) is 4.98. The molecule has 0 fully saturated rings. The lowest BCUT2D eigenvalue weighted by atomic mass is 9.91. The Balaban J connectivity index is 2.37. The van der Waals surface area contributed by atoms with Crippen molar-refractivity contribution in [1.82, 2.24) is 0 Å². The standard InChI is InChI=1S/C19H23F2NO2/c1-3-23-18-7-5-6-13(19(18)24-4-2)10-14(12-22)16-11-15(20)8-9-17(16)21/h5-9,11,14H,3-4,10,12,22H2,1-2H3. The Morgan fingerprint density at radius 2 is 1.79 bits per heavy atom. The van der Waals surface area contributed by atoms with Crippen LogP contribution in [0.1, 0.15) is 30.9 Å². The Kier molecular flexibility index (Phi) is 6.55. The molecule has 0 aliphatic heterocycles. The third-order valence-corrected chi connectivity index (χ3v) is 3.80. The van der Waals surface area contributed by atoms with Crippen molar-refractivity contribution in [1.29, 1.82) is 0 Å². The van der Waals surface area contributed by atoms with Crippen LogP contribution in [0, 0.1) is 11.6 Å². The van der Waals surface area contributed by atoms with E-state index in [-0.39, 0.29) is 18.0 Å². The maximum absolute atomic E-state index is 14.1. The number of hydrogen-bond donors (Lipinski definition) is 1. The summed E-state index contributed by atoms with van der Waals surface area (Å²) in [6, 6.07) is 9.03. The Labute approximate surface area is 141 Å². The second-order valence-electron chi connectivity index (χ2n) is 5.41. The highest BCUT2D eigenvalue weighted by Gasteiger charge is 2.19. The summed E-state index contributed by atoms with van der Waals surface area (Å²) in [5.74, 6) is 0.00458. The van der Waals surface area contributed by atoms with Crippen LogP contribution in [-0.2, 0) is 6.42 Å². The van der Waals surface area contributed by atoms with Crippen LogP contribution in [0.5, 0.6) is 11.5 Å². The van der Waals surface area contributed by atoms with Gasteiger partial charge in [0.25, 0.3) is 0 Å².